The van der Waals surface area contributed by atoms with E-state index in [9.17, 15) is 9.59 Å². The maximum Gasteiger partial charge on any atom is 0.270 e. The van der Waals surface area contributed by atoms with Crippen LogP contribution in [0.15, 0.2) is 90.5 Å². The second-order valence-corrected chi connectivity index (χ2v) is 9.73. The molecule has 0 spiro atoms. The molecule has 2 amide bonds. The number of para-hydroxylation sites is 2. The summed E-state index contributed by atoms with van der Waals surface area (Å²) in [6.07, 6.45) is 1.63. The van der Waals surface area contributed by atoms with Gasteiger partial charge in [0.05, 0.1) is 21.4 Å². The quantitative estimate of drug-likeness (QED) is 0.155. The molecule has 8 heteroatoms. The second kappa shape index (κ2) is 9.98. The van der Waals surface area contributed by atoms with E-state index in [1.807, 2.05) is 66.9 Å². The van der Waals surface area contributed by atoms with Gasteiger partial charge in [0.25, 0.3) is 11.8 Å². The average Bonchev–Trinajstić information content (AvgIpc) is 3.17. The first-order valence-electron chi connectivity index (χ1n) is 11.5. The Hall–Kier alpha value is -3.71. The monoisotopic (exact) mass is 545 g/mol. The third kappa shape index (κ3) is 4.48. The van der Waals surface area contributed by atoms with Crippen molar-refractivity contribution in [2.24, 2.45) is 0 Å². The first kappa shape index (κ1) is 25.0. The van der Waals surface area contributed by atoms with Crippen LogP contribution in [0.5, 0.6) is 0 Å². The summed E-state index contributed by atoms with van der Waals surface area (Å²) in [6, 6.07) is 25.5. The molecule has 0 saturated carbocycles. The van der Waals surface area contributed by atoms with E-state index in [4.69, 9.17) is 35.4 Å². The smallest absolute Gasteiger partial charge is 0.270 e. The number of halogens is 2. The van der Waals surface area contributed by atoms with Crippen molar-refractivity contribution in [3.05, 3.63) is 117 Å². The summed E-state index contributed by atoms with van der Waals surface area (Å²) in [4.78, 5) is 30.3. The molecule has 184 valence electrons. The molecule has 1 saturated heterocycles. The van der Waals surface area contributed by atoms with Crippen molar-refractivity contribution in [1.29, 1.82) is 0 Å². The number of aryl methyl sites for hydroxylation is 1. The molecule has 5 nitrogen and oxygen atoms in total. The zero-order valence-electron chi connectivity index (χ0n) is 20.0. The topological polar surface area (TPSA) is 45.6 Å². The van der Waals surface area contributed by atoms with Gasteiger partial charge in [0.1, 0.15) is 5.57 Å². The maximum absolute atomic E-state index is 13.8. The highest BCUT2D eigenvalue weighted by Gasteiger charge is 2.41. The molecule has 4 aromatic rings. The third-order valence-electron chi connectivity index (χ3n) is 6.21. The Labute approximate surface area is 230 Å². The van der Waals surface area contributed by atoms with E-state index in [0.29, 0.717) is 21.4 Å². The standard InChI is InChI=1S/C29H21Cl2N3O2S/c1-18-15-20(19(2)32(18)23-13-14-25(30)26(31)17-23)16-24-27(35)33(21-9-5-3-6-10-21)29(37)34(28(24)36)22-11-7-4-8-12-22/h3-17H,1-2H3. The molecule has 0 unspecified atom stereocenters. The van der Waals surface area contributed by atoms with Crippen LogP contribution in [0.25, 0.3) is 11.8 Å². The molecule has 1 aliphatic heterocycles. The average molecular weight is 546 g/mol. The molecule has 0 aliphatic carbocycles. The summed E-state index contributed by atoms with van der Waals surface area (Å²) in [6.45, 7) is 3.87. The normalized spacial score (nSPS) is 13.9. The van der Waals surface area contributed by atoms with Crippen LogP contribution >= 0.6 is 35.4 Å². The van der Waals surface area contributed by atoms with Gasteiger partial charge in [-0.3, -0.25) is 19.4 Å². The summed E-state index contributed by atoms with van der Waals surface area (Å²) in [5.41, 5.74) is 4.48. The van der Waals surface area contributed by atoms with Gasteiger partial charge in [-0.25, -0.2) is 0 Å². The van der Waals surface area contributed by atoms with Crippen molar-refractivity contribution in [2.75, 3.05) is 9.80 Å². The van der Waals surface area contributed by atoms with E-state index in [0.717, 1.165) is 22.6 Å². The van der Waals surface area contributed by atoms with Crippen molar-refractivity contribution in [2.45, 2.75) is 13.8 Å². The van der Waals surface area contributed by atoms with Crippen LogP contribution in [0.1, 0.15) is 17.0 Å². The van der Waals surface area contributed by atoms with Crippen LogP contribution in [0.4, 0.5) is 11.4 Å². The number of aromatic nitrogens is 1. The minimum atomic E-state index is -0.479. The first-order chi connectivity index (χ1) is 17.8. The van der Waals surface area contributed by atoms with Gasteiger partial charge in [-0.15, -0.1) is 0 Å². The SMILES string of the molecule is Cc1cc(C=C2C(=O)N(c3ccccc3)C(=S)N(c3ccccc3)C2=O)c(C)n1-c1ccc(Cl)c(Cl)c1. The summed E-state index contributed by atoms with van der Waals surface area (Å²) in [5, 5.41) is 1.01. The Kier molecular flexibility index (Phi) is 6.73. The zero-order valence-corrected chi connectivity index (χ0v) is 22.3. The number of carbonyl (C=O) groups is 2. The molecule has 0 atom stereocenters. The fourth-order valence-electron chi connectivity index (χ4n) is 4.45. The molecule has 1 fully saturated rings. The molecule has 0 bridgehead atoms. The van der Waals surface area contributed by atoms with Crippen LogP contribution in [0.2, 0.25) is 10.0 Å². The number of thiocarbonyl (C=S) groups is 1. The number of amides is 2. The van der Waals surface area contributed by atoms with Crippen molar-refractivity contribution < 1.29 is 9.59 Å². The molecular formula is C29H21Cl2N3O2S. The highest BCUT2D eigenvalue weighted by Crippen LogP contribution is 2.32. The van der Waals surface area contributed by atoms with Gasteiger partial charge in [-0.1, -0.05) is 59.6 Å². The Morgan fingerprint density at radius 2 is 1.24 bits per heavy atom. The van der Waals surface area contributed by atoms with E-state index in [-0.39, 0.29) is 10.7 Å². The van der Waals surface area contributed by atoms with E-state index in [1.165, 1.54) is 9.80 Å². The first-order valence-corrected chi connectivity index (χ1v) is 12.6. The van der Waals surface area contributed by atoms with Gasteiger partial charge in [0, 0.05) is 17.1 Å². The number of hydrogen-bond donors (Lipinski definition) is 0. The lowest BCUT2D eigenvalue weighted by atomic mass is 10.1. The summed E-state index contributed by atoms with van der Waals surface area (Å²) in [7, 11) is 0. The van der Waals surface area contributed by atoms with Crippen LogP contribution in [-0.4, -0.2) is 21.5 Å². The van der Waals surface area contributed by atoms with E-state index >= 15 is 0 Å². The third-order valence-corrected chi connectivity index (χ3v) is 7.31. The number of nitrogens with zero attached hydrogens (tertiary/aromatic N) is 3. The van der Waals surface area contributed by atoms with Gasteiger partial charge in [-0.2, -0.15) is 0 Å². The fourth-order valence-corrected chi connectivity index (χ4v) is 5.12. The van der Waals surface area contributed by atoms with Gasteiger partial charge in [0.2, 0.25) is 0 Å². The number of hydrogen-bond acceptors (Lipinski definition) is 3. The summed E-state index contributed by atoms with van der Waals surface area (Å²) in [5.74, 6) is -0.958. The predicted molar refractivity (Wildman–Crippen MR) is 154 cm³/mol. The maximum atomic E-state index is 13.8. The highest BCUT2D eigenvalue weighted by atomic mass is 35.5. The summed E-state index contributed by atoms with van der Waals surface area (Å²) >= 11 is 18.0. The molecule has 1 aromatic heterocycles. The molecule has 0 N–H and O–H groups in total. The van der Waals surface area contributed by atoms with Gasteiger partial charge < -0.3 is 4.57 Å². The van der Waals surface area contributed by atoms with Crippen LogP contribution in [-0.2, 0) is 9.59 Å². The second-order valence-electron chi connectivity index (χ2n) is 8.55. The fraction of sp³-hybridized carbons (Fsp3) is 0.0690. The number of rotatable bonds is 4. The van der Waals surface area contributed by atoms with Gasteiger partial charge in [0.15, 0.2) is 5.11 Å². The van der Waals surface area contributed by atoms with Crippen LogP contribution in [0, 0.1) is 13.8 Å². The van der Waals surface area contributed by atoms with E-state index < -0.39 is 11.8 Å². The highest BCUT2D eigenvalue weighted by molar-refractivity contribution is 7.81. The van der Waals surface area contributed by atoms with Gasteiger partial charge in [-0.05, 0) is 86.2 Å². The van der Waals surface area contributed by atoms with Gasteiger partial charge >= 0.3 is 0 Å². The Morgan fingerprint density at radius 1 is 0.703 bits per heavy atom. The lowest BCUT2D eigenvalue weighted by molar-refractivity contribution is -0.120. The Bertz CT molecular complexity index is 1520. The van der Waals surface area contributed by atoms with Crippen molar-refractivity contribution in [3.63, 3.8) is 0 Å². The minimum Gasteiger partial charge on any atom is -0.318 e. The predicted octanol–water partition coefficient (Wildman–Crippen LogP) is 7.15. The number of anilines is 2. The lowest BCUT2D eigenvalue weighted by Gasteiger charge is -2.36. The van der Waals surface area contributed by atoms with Crippen molar-refractivity contribution in [3.8, 4) is 5.69 Å². The Balaban J connectivity index is 1.65. The lowest BCUT2D eigenvalue weighted by Crippen LogP contribution is -2.56. The number of benzene rings is 3. The molecule has 5 rings (SSSR count). The van der Waals surface area contributed by atoms with Crippen molar-refractivity contribution >= 4 is 69.8 Å². The van der Waals surface area contributed by atoms with Crippen molar-refractivity contribution in [1.82, 2.24) is 4.57 Å². The number of carbonyl (C=O) groups excluding carboxylic acids is 2. The Morgan fingerprint density at radius 3 is 1.76 bits per heavy atom. The molecule has 0 radical (unpaired) electrons. The summed E-state index contributed by atoms with van der Waals surface area (Å²) < 4.78 is 2.00. The van der Waals surface area contributed by atoms with Crippen LogP contribution < -0.4 is 9.80 Å². The van der Waals surface area contributed by atoms with E-state index in [2.05, 4.69) is 0 Å². The zero-order chi connectivity index (χ0) is 26.3. The van der Waals surface area contributed by atoms with Crippen LogP contribution in [0.3, 0.4) is 0 Å². The molecule has 3 aromatic carbocycles. The molecular weight excluding hydrogens is 525 g/mol. The minimum absolute atomic E-state index is 0.00990. The molecule has 37 heavy (non-hydrogen) atoms. The molecule has 1 aliphatic rings. The molecule has 2 heterocycles. The van der Waals surface area contributed by atoms with E-state index in [1.54, 1.807) is 42.5 Å². The largest absolute Gasteiger partial charge is 0.318 e.